The summed E-state index contributed by atoms with van der Waals surface area (Å²) in [5.74, 6) is 0. The van der Waals surface area contributed by atoms with E-state index in [4.69, 9.17) is 15.3 Å². The van der Waals surface area contributed by atoms with Gasteiger partial charge in [-0.2, -0.15) is 0 Å². The van der Waals surface area contributed by atoms with Crippen LogP contribution >= 0.6 is 0 Å². The molecule has 0 aliphatic carbocycles. The van der Waals surface area contributed by atoms with E-state index in [0.29, 0.717) is 0 Å². The molecule has 4 atom stereocenters. The maximum Gasteiger partial charge on any atom is 0.189 e. The van der Waals surface area contributed by atoms with Crippen LogP contribution in [0.2, 0.25) is 0 Å². The summed E-state index contributed by atoms with van der Waals surface area (Å²) in [6, 6.07) is 0. The molecule has 0 aromatic rings. The van der Waals surface area contributed by atoms with Crippen LogP contribution in [0.1, 0.15) is 0 Å². The molecular formula is C6H12O6. The van der Waals surface area contributed by atoms with Crippen LogP contribution in [0.5, 0.6) is 0 Å². The number of aliphatic hydroxyl groups excluding tert-OH is 4. The minimum atomic E-state index is -2.09. The lowest BCUT2D eigenvalue weighted by Crippen LogP contribution is -2.51. The maximum atomic E-state index is 9.35. The third kappa shape index (κ3) is 1.22. The van der Waals surface area contributed by atoms with E-state index in [1.165, 1.54) is 0 Å². The van der Waals surface area contributed by atoms with Gasteiger partial charge in [0, 0.05) is 0 Å². The van der Waals surface area contributed by atoms with Gasteiger partial charge in [-0.15, -0.1) is 0 Å². The van der Waals surface area contributed by atoms with Gasteiger partial charge in [0.2, 0.25) is 0 Å². The van der Waals surface area contributed by atoms with E-state index in [9.17, 15) is 10.2 Å². The lowest BCUT2D eigenvalue weighted by atomic mass is 9.97. The molecule has 1 fully saturated rings. The smallest absolute Gasteiger partial charge is 0.189 e. The van der Waals surface area contributed by atoms with Crippen molar-refractivity contribution in [1.29, 1.82) is 0 Å². The molecule has 5 N–H and O–H groups in total. The molecule has 0 spiro atoms. The van der Waals surface area contributed by atoms with Crippen molar-refractivity contribution in [2.24, 2.45) is 0 Å². The quantitative estimate of drug-likeness (QED) is 0.306. The van der Waals surface area contributed by atoms with Gasteiger partial charge in [-0.1, -0.05) is 0 Å². The number of ether oxygens (including phenoxy) is 1. The Morgan fingerprint density at radius 3 is 2.08 bits per heavy atom. The van der Waals surface area contributed by atoms with Gasteiger partial charge >= 0.3 is 0 Å². The summed E-state index contributed by atoms with van der Waals surface area (Å²) >= 11 is 0. The Morgan fingerprint density at radius 2 is 1.83 bits per heavy atom. The number of hydrogen-bond acceptors (Lipinski definition) is 6. The van der Waals surface area contributed by atoms with Crippen LogP contribution in [0.4, 0.5) is 0 Å². The number of aliphatic hydroxyl groups is 5. The molecule has 1 aliphatic rings. The van der Waals surface area contributed by atoms with E-state index < -0.39 is 37.3 Å². The second-order valence-electron chi connectivity index (χ2n) is 2.80. The molecule has 0 radical (unpaired) electrons. The van der Waals surface area contributed by atoms with Gasteiger partial charge in [-0.25, -0.2) is 0 Å². The lowest BCUT2D eigenvalue weighted by molar-refractivity contribution is -0.191. The lowest BCUT2D eigenvalue weighted by Gasteiger charge is -2.25. The first-order valence-corrected chi connectivity index (χ1v) is 3.52. The molecule has 0 aromatic carbocycles. The standard InChI is InChI=1S/C6H12O6/c7-1-3-4(9)6(11,2-8)5(10)12-3/h3-5,7-11H,1-2H2/t3-,4-,5-,6-/m1/s1. The third-order valence-electron chi connectivity index (χ3n) is 2.03. The summed E-state index contributed by atoms with van der Waals surface area (Å²) < 4.78 is 4.57. The molecule has 1 rings (SSSR count). The first-order chi connectivity index (χ1) is 5.56. The van der Waals surface area contributed by atoms with E-state index in [-0.39, 0.29) is 0 Å². The van der Waals surface area contributed by atoms with Gasteiger partial charge in [-0.3, -0.25) is 0 Å². The van der Waals surface area contributed by atoms with Gasteiger partial charge in [-0.05, 0) is 0 Å². The van der Waals surface area contributed by atoms with Gasteiger partial charge in [0.05, 0.1) is 13.2 Å². The van der Waals surface area contributed by atoms with Crippen LogP contribution in [0, 0.1) is 0 Å². The minimum absolute atomic E-state index is 0.527. The summed E-state index contributed by atoms with van der Waals surface area (Å²) in [5.41, 5.74) is -2.09. The topological polar surface area (TPSA) is 110 Å². The Morgan fingerprint density at radius 1 is 1.25 bits per heavy atom. The molecule has 1 saturated heterocycles. The number of hydrogen-bond donors (Lipinski definition) is 5. The Kier molecular flexibility index (Phi) is 2.67. The highest BCUT2D eigenvalue weighted by atomic mass is 16.7. The molecular weight excluding hydrogens is 168 g/mol. The van der Waals surface area contributed by atoms with Crippen molar-refractivity contribution in [1.82, 2.24) is 0 Å². The van der Waals surface area contributed by atoms with Crippen molar-refractivity contribution in [2.75, 3.05) is 13.2 Å². The van der Waals surface area contributed by atoms with E-state index >= 15 is 0 Å². The molecule has 6 heteroatoms. The average molecular weight is 180 g/mol. The summed E-state index contributed by atoms with van der Waals surface area (Å²) in [6.45, 7) is -1.35. The van der Waals surface area contributed by atoms with Gasteiger partial charge in [0.25, 0.3) is 0 Å². The molecule has 0 bridgehead atoms. The zero-order chi connectivity index (χ0) is 9.35. The van der Waals surface area contributed by atoms with Crippen molar-refractivity contribution < 1.29 is 30.3 Å². The third-order valence-corrected chi connectivity index (χ3v) is 2.03. The van der Waals surface area contributed by atoms with Gasteiger partial charge in [0.1, 0.15) is 12.2 Å². The Bertz CT molecular complexity index is 162. The van der Waals surface area contributed by atoms with Crippen molar-refractivity contribution in [3.05, 3.63) is 0 Å². The molecule has 72 valence electrons. The van der Waals surface area contributed by atoms with Crippen molar-refractivity contribution in [2.45, 2.75) is 24.1 Å². The molecule has 1 aliphatic heterocycles. The van der Waals surface area contributed by atoms with Gasteiger partial charge < -0.3 is 30.3 Å². The van der Waals surface area contributed by atoms with E-state index in [0.717, 1.165) is 0 Å². The average Bonchev–Trinajstić information content (AvgIpc) is 2.30. The first kappa shape index (κ1) is 9.85. The van der Waals surface area contributed by atoms with Crippen LogP contribution in [0.15, 0.2) is 0 Å². The molecule has 0 saturated carbocycles. The van der Waals surface area contributed by atoms with Crippen LogP contribution in [0.25, 0.3) is 0 Å². The summed E-state index contributed by atoms with van der Waals surface area (Å²) in [5, 5.41) is 44.8. The van der Waals surface area contributed by atoms with Crippen LogP contribution in [-0.2, 0) is 4.74 Å². The largest absolute Gasteiger partial charge is 0.394 e. The number of rotatable bonds is 2. The Hall–Kier alpha value is -0.240. The zero-order valence-electron chi connectivity index (χ0n) is 6.29. The molecule has 12 heavy (non-hydrogen) atoms. The monoisotopic (exact) mass is 180 g/mol. The van der Waals surface area contributed by atoms with Gasteiger partial charge in [0.15, 0.2) is 11.9 Å². The molecule has 1 heterocycles. The van der Waals surface area contributed by atoms with E-state index in [1.54, 1.807) is 0 Å². The zero-order valence-corrected chi connectivity index (χ0v) is 6.29. The Balaban J connectivity index is 2.76. The Labute approximate surface area is 68.6 Å². The van der Waals surface area contributed by atoms with Crippen molar-refractivity contribution >= 4 is 0 Å². The van der Waals surface area contributed by atoms with Crippen molar-refractivity contribution in [3.8, 4) is 0 Å². The van der Waals surface area contributed by atoms with E-state index in [2.05, 4.69) is 4.74 Å². The second kappa shape index (κ2) is 3.25. The highest BCUT2D eigenvalue weighted by Gasteiger charge is 2.54. The minimum Gasteiger partial charge on any atom is -0.394 e. The molecule has 0 unspecified atom stereocenters. The fourth-order valence-corrected chi connectivity index (χ4v) is 1.14. The molecule has 6 nitrogen and oxygen atoms in total. The van der Waals surface area contributed by atoms with Crippen molar-refractivity contribution in [3.63, 3.8) is 0 Å². The van der Waals surface area contributed by atoms with Crippen LogP contribution in [0.3, 0.4) is 0 Å². The maximum absolute atomic E-state index is 9.35. The first-order valence-electron chi connectivity index (χ1n) is 3.52. The highest BCUT2D eigenvalue weighted by Crippen LogP contribution is 2.28. The molecule has 0 amide bonds. The second-order valence-corrected chi connectivity index (χ2v) is 2.80. The SMILES string of the molecule is OC[C@H]1O[C@@H](O)[C@@](O)(CO)[C@@H]1O. The predicted molar refractivity (Wildman–Crippen MR) is 36.0 cm³/mol. The van der Waals surface area contributed by atoms with Crippen LogP contribution in [-0.4, -0.2) is 62.8 Å². The predicted octanol–water partition coefficient (Wildman–Crippen LogP) is -3.22. The summed E-state index contributed by atoms with van der Waals surface area (Å²) in [4.78, 5) is 0. The fraction of sp³-hybridized carbons (Fsp3) is 1.00. The van der Waals surface area contributed by atoms with Crippen LogP contribution < -0.4 is 0 Å². The normalized spacial score (nSPS) is 48.2. The molecule has 0 aromatic heterocycles. The highest BCUT2D eigenvalue weighted by molar-refractivity contribution is 4.98. The summed E-state index contributed by atoms with van der Waals surface area (Å²) in [7, 11) is 0. The van der Waals surface area contributed by atoms with E-state index in [1.807, 2.05) is 0 Å². The fourth-order valence-electron chi connectivity index (χ4n) is 1.14. The summed E-state index contributed by atoms with van der Waals surface area (Å²) in [6.07, 6.45) is -4.21.